The second kappa shape index (κ2) is 14.7. The van der Waals surface area contributed by atoms with Gasteiger partial charge in [0.05, 0.1) is 7.11 Å². The number of carbonyl (C=O) groups excluding carboxylic acids is 1. The Morgan fingerprint density at radius 2 is 1.32 bits per heavy atom. The lowest BCUT2D eigenvalue weighted by molar-refractivity contribution is 0.0592. The third-order valence-electron chi connectivity index (χ3n) is 2.17. The fourth-order valence-electron chi connectivity index (χ4n) is 1.25. The number of hydrogen-bond acceptors (Lipinski definition) is 6. The van der Waals surface area contributed by atoms with Crippen LogP contribution in [0.1, 0.15) is 28.4 Å². The van der Waals surface area contributed by atoms with Gasteiger partial charge >= 0.3 is 11.9 Å². The van der Waals surface area contributed by atoms with Crippen molar-refractivity contribution in [3.05, 3.63) is 68.5 Å². The fraction of sp³-hybridized carbons (Fsp3) is 0.200. The zero-order chi connectivity index (χ0) is 17.8. The second-order valence-electron chi connectivity index (χ2n) is 3.65. The number of pyridine rings is 2. The Balaban J connectivity index is -0.000000329. The molecule has 0 spiro atoms. The molecule has 0 saturated carbocycles. The molecule has 2 heterocycles. The molecule has 10 heteroatoms. The van der Waals surface area contributed by atoms with E-state index in [1.54, 1.807) is 0 Å². The quantitative estimate of drug-likeness (QED) is 0.568. The summed E-state index contributed by atoms with van der Waals surface area (Å²) >= 11 is 0. The van der Waals surface area contributed by atoms with Crippen LogP contribution in [0, 0.1) is 0 Å². The molecule has 0 atom stereocenters. The monoisotopic (exact) mass is 376 g/mol. The van der Waals surface area contributed by atoms with Crippen LogP contribution in [0.4, 0.5) is 0 Å². The van der Waals surface area contributed by atoms with E-state index in [9.17, 15) is 19.2 Å². The summed E-state index contributed by atoms with van der Waals surface area (Å²) in [5.41, 5.74) is -0.639. The van der Waals surface area contributed by atoms with Gasteiger partial charge in [0.1, 0.15) is 11.4 Å². The Morgan fingerprint density at radius 1 is 0.920 bits per heavy atom. The summed E-state index contributed by atoms with van der Waals surface area (Å²) in [4.78, 5) is 46.6. The highest BCUT2D eigenvalue weighted by molar-refractivity contribution is 5.86. The summed E-state index contributed by atoms with van der Waals surface area (Å²) in [7, 11) is 2.26. The zero-order valence-corrected chi connectivity index (χ0v) is 13.6. The molecule has 2 aromatic rings. The summed E-state index contributed by atoms with van der Waals surface area (Å²) in [5, 5.41) is 15.3. The Bertz CT molecular complexity index is 756. The molecule has 0 bridgehead atoms. The summed E-state index contributed by atoms with van der Waals surface area (Å²) in [6.07, 6.45) is 0. The van der Waals surface area contributed by atoms with Gasteiger partial charge in [0.15, 0.2) is 0 Å². The summed E-state index contributed by atoms with van der Waals surface area (Å²) in [5.74, 6) is -1.67. The van der Waals surface area contributed by atoms with Crippen LogP contribution < -0.4 is 11.1 Å². The molecule has 2 aromatic heterocycles. The van der Waals surface area contributed by atoms with Crippen molar-refractivity contribution in [2.24, 2.45) is 0 Å². The van der Waals surface area contributed by atoms with E-state index in [0.717, 1.165) is 7.11 Å². The number of H-pyrrole nitrogens is 2. The zero-order valence-electron chi connectivity index (χ0n) is 12.8. The number of carboxylic acid groups (broad SMARTS) is 1. The Morgan fingerprint density at radius 3 is 1.64 bits per heavy atom. The molecule has 140 valence electrons. The van der Waals surface area contributed by atoms with E-state index >= 15 is 0 Å². The molecule has 0 aliphatic rings. The SMILES string of the molecule is C.CO.COC(=O)c1cccc(=O)[nH]1.Cl.O=C(O)c1cccc(=O)[nH]1. The van der Waals surface area contributed by atoms with Gasteiger partial charge in [-0.3, -0.25) is 9.59 Å². The maximum Gasteiger partial charge on any atom is 0.354 e. The van der Waals surface area contributed by atoms with Gasteiger partial charge in [-0.05, 0) is 12.1 Å². The van der Waals surface area contributed by atoms with Gasteiger partial charge in [-0.25, -0.2) is 9.59 Å². The Kier molecular flexibility index (Phi) is 15.8. The molecule has 0 fully saturated rings. The number of methoxy groups -OCH3 is 1. The average molecular weight is 377 g/mol. The van der Waals surface area contributed by atoms with Crippen molar-refractivity contribution in [1.82, 2.24) is 9.97 Å². The molecule has 0 radical (unpaired) electrons. The number of aliphatic hydroxyl groups excluding tert-OH is 1. The number of aromatic carboxylic acids is 1. The van der Waals surface area contributed by atoms with E-state index in [1.807, 2.05) is 0 Å². The summed E-state index contributed by atoms with van der Waals surface area (Å²) < 4.78 is 4.38. The number of aromatic nitrogens is 2. The highest BCUT2D eigenvalue weighted by Gasteiger charge is 2.03. The van der Waals surface area contributed by atoms with Gasteiger partial charge < -0.3 is 24.9 Å². The smallest absolute Gasteiger partial charge is 0.354 e. The standard InChI is InChI=1S/C7H7NO3.C6H5NO3.CH4O.CH4.ClH/c1-11-7(10)5-3-2-4-6(9)8-5;8-5-3-1-2-4(7-5)6(9)10;1-2;;/h2-4H,1H3,(H,8,9);1-3H,(H,7,8)(H,9,10);2H,1H3;1H4;1H. The molecule has 9 nitrogen and oxygen atoms in total. The van der Waals surface area contributed by atoms with Gasteiger partial charge in [-0.15, -0.1) is 12.4 Å². The van der Waals surface area contributed by atoms with Gasteiger partial charge in [-0.2, -0.15) is 0 Å². The van der Waals surface area contributed by atoms with Gasteiger partial charge in [-0.1, -0.05) is 19.6 Å². The number of aliphatic hydroxyl groups is 1. The molecule has 2 rings (SSSR count). The second-order valence-corrected chi connectivity index (χ2v) is 3.65. The van der Waals surface area contributed by atoms with Crippen LogP contribution in [0.25, 0.3) is 0 Å². The lowest BCUT2D eigenvalue weighted by Gasteiger charge is -1.95. The maximum atomic E-state index is 10.8. The normalized spacial score (nSPS) is 7.96. The largest absolute Gasteiger partial charge is 0.477 e. The van der Waals surface area contributed by atoms with Crippen LogP contribution in [0.5, 0.6) is 0 Å². The minimum atomic E-state index is -1.13. The number of halogens is 1. The predicted molar refractivity (Wildman–Crippen MR) is 94.5 cm³/mol. The molecular weight excluding hydrogens is 356 g/mol. The first-order chi connectivity index (χ1) is 10.9. The molecule has 25 heavy (non-hydrogen) atoms. The molecule has 0 aliphatic carbocycles. The van der Waals surface area contributed by atoms with E-state index in [4.69, 9.17) is 10.2 Å². The van der Waals surface area contributed by atoms with Crippen molar-refractivity contribution in [1.29, 1.82) is 0 Å². The van der Waals surface area contributed by atoms with Crippen LogP contribution in [0.15, 0.2) is 46.0 Å². The predicted octanol–water partition coefficient (Wildman–Crippen LogP) is 0.901. The first-order valence-electron chi connectivity index (χ1n) is 6.09. The minimum Gasteiger partial charge on any atom is -0.477 e. The third kappa shape index (κ3) is 10.5. The van der Waals surface area contributed by atoms with E-state index < -0.39 is 17.5 Å². The molecule has 4 N–H and O–H groups in total. The fourth-order valence-corrected chi connectivity index (χ4v) is 1.25. The number of aromatic amines is 2. The number of rotatable bonds is 2. The number of nitrogens with one attached hydrogen (secondary N) is 2. The van der Waals surface area contributed by atoms with E-state index in [1.165, 1.54) is 43.5 Å². The van der Waals surface area contributed by atoms with Crippen molar-refractivity contribution in [2.45, 2.75) is 7.43 Å². The van der Waals surface area contributed by atoms with Crippen LogP contribution in [-0.2, 0) is 4.74 Å². The molecule has 0 amide bonds. The van der Waals surface area contributed by atoms with Crippen molar-refractivity contribution in [3.63, 3.8) is 0 Å². The molecule has 0 unspecified atom stereocenters. The van der Waals surface area contributed by atoms with Crippen molar-refractivity contribution >= 4 is 24.3 Å². The van der Waals surface area contributed by atoms with Crippen molar-refractivity contribution < 1.29 is 24.5 Å². The molecule has 0 aliphatic heterocycles. The summed E-state index contributed by atoms with van der Waals surface area (Å²) in [6, 6.07) is 8.27. The van der Waals surface area contributed by atoms with Crippen LogP contribution in [0.3, 0.4) is 0 Å². The van der Waals surface area contributed by atoms with Crippen LogP contribution >= 0.6 is 12.4 Å². The van der Waals surface area contributed by atoms with Crippen LogP contribution in [0.2, 0.25) is 0 Å². The third-order valence-corrected chi connectivity index (χ3v) is 2.17. The van der Waals surface area contributed by atoms with Gasteiger partial charge in [0.25, 0.3) is 0 Å². The lowest BCUT2D eigenvalue weighted by Crippen LogP contribution is -2.11. The van der Waals surface area contributed by atoms with E-state index in [-0.39, 0.29) is 36.8 Å². The van der Waals surface area contributed by atoms with Crippen LogP contribution in [-0.4, -0.2) is 46.3 Å². The maximum absolute atomic E-state index is 10.8. The topological polar surface area (TPSA) is 150 Å². The molecular formula is C15H21ClN2O7. The summed E-state index contributed by atoms with van der Waals surface area (Å²) in [6.45, 7) is 0. The highest BCUT2D eigenvalue weighted by Crippen LogP contribution is 1.91. The first-order valence-corrected chi connectivity index (χ1v) is 6.09. The number of ether oxygens (including phenoxy) is 1. The number of carboxylic acids is 1. The van der Waals surface area contributed by atoms with Gasteiger partial charge in [0.2, 0.25) is 11.1 Å². The average Bonchev–Trinajstić information content (AvgIpc) is 2.56. The number of hydrogen-bond donors (Lipinski definition) is 4. The Hall–Kier alpha value is -2.91. The van der Waals surface area contributed by atoms with E-state index in [0.29, 0.717) is 0 Å². The molecule has 0 saturated heterocycles. The van der Waals surface area contributed by atoms with Gasteiger partial charge in [0, 0.05) is 19.2 Å². The van der Waals surface area contributed by atoms with E-state index in [2.05, 4.69) is 14.7 Å². The minimum absolute atomic E-state index is 0. The Labute approximate surface area is 149 Å². The highest BCUT2D eigenvalue weighted by atomic mass is 35.5. The number of carbonyl (C=O) groups is 2. The van der Waals surface area contributed by atoms with Crippen molar-refractivity contribution in [3.8, 4) is 0 Å². The lowest BCUT2D eigenvalue weighted by atomic mass is 10.3. The van der Waals surface area contributed by atoms with Crippen molar-refractivity contribution in [2.75, 3.05) is 14.2 Å². The number of esters is 1. The molecule has 0 aromatic carbocycles. The first kappa shape index (κ1) is 27.0.